The van der Waals surface area contributed by atoms with Crippen molar-refractivity contribution in [2.45, 2.75) is 11.1 Å². The lowest BCUT2D eigenvalue weighted by molar-refractivity contribution is -0.192. The van der Waals surface area contributed by atoms with E-state index in [1.807, 2.05) is 0 Å². The third-order valence-electron chi connectivity index (χ3n) is 4.14. The number of nitrogens with zero attached hydrogens (tertiary/aromatic N) is 2. The number of aromatic amines is 1. The molecule has 0 amide bonds. The number of primary sulfonamides is 1. The molecule has 2 aromatic heterocycles. The predicted molar refractivity (Wildman–Crippen MR) is 117 cm³/mol. The Kier molecular flexibility index (Phi) is 7.44. The fourth-order valence-corrected chi connectivity index (χ4v) is 3.18. The van der Waals surface area contributed by atoms with Crippen LogP contribution in [0.4, 0.5) is 45.1 Å². The molecule has 0 aliphatic carbocycles. The molecule has 2 heterocycles. The molecular formula is C19H13F5N6O6S. The van der Waals surface area contributed by atoms with E-state index in [2.05, 4.69) is 30.0 Å². The molecule has 0 atom stereocenters. The molecule has 18 heteroatoms. The van der Waals surface area contributed by atoms with Crippen LogP contribution in [0.25, 0.3) is 11.1 Å². The number of nitrogens with two attached hydrogens (primary N) is 1. The second-order valence-corrected chi connectivity index (χ2v) is 8.43. The Morgan fingerprint density at radius 2 is 1.76 bits per heavy atom. The Bertz CT molecular complexity index is 1640. The number of benzene rings is 2. The number of alkyl halides is 3. The number of halogens is 5. The molecule has 0 unspecified atom stereocenters. The predicted octanol–water partition coefficient (Wildman–Crippen LogP) is 2.96. The Morgan fingerprint density at radius 1 is 1.08 bits per heavy atom. The number of aliphatic carboxylic acids is 1. The Hall–Kier alpha value is -4.58. The van der Waals surface area contributed by atoms with Crippen LogP contribution in [0.1, 0.15) is 0 Å². The zero-order chi connectivity index (χ0) is 27.5. The zero-order valence-corrected chi connectivity index (χ0v) is 18.6. The Balaban J connectivity index is 0.000000479. The smallest absolute Gasteiger partial charge is 0.475 e. The molecule has 4 aromatic rings. The molecule has 6 N–H and O–H groups in total. The minimum atomic E-state index is -5.08. The molecule has 37 heavy (non-hydrogen) atoms. The number of aromatic nitrogens is 3. The van der Waals surface area contributed by atoms with Gasteiger partial charge >= 0.3 is 17.9 Å². The SMILES string of the molecule is NS(=O)(=O)c1cccc(Nc2ncc(F)c(Nc3cc(F)c4oc(=O)[nH]c4c3)n2)c1.O=C(O)C(F)(F)F. The average molecular weight is 548 g/mol. The fraction of sp³-hybridized carbons (Fsp3) is 0.0526. The van der Waals surface area contributed by atoms with Gasteiger partial charge in [0.1, 0.15) is 0 Å². The summed E-state index contributed by atoms with van der Waals surface area (Å²) >= 11 is 0. The third-order valence-corrected chi connectivity index (χ3v) is 5.05. The van der Waals surface area contributed by atoms with E-state index in [1.54, 1.807) is 0 Å². The minimum absolute atomic E-state index is 0.0660. The van der Waals surface area contributed by atoms with Crippen molar-refractivity contribution in [3.8, 4) is 0 Å². The van der Waals surface area contributed by atoms with Crippen LogP contribution < -0.4 is 21.5 Å². The van der Waals surface area contributed by atoms with Gasteiger partial charge in [-0.05, 0) is 24.3 Å². The summed E-state index contributed by atoms with van der Waals surface area (Å²) in [5, 5.41) is 17.5. The number of anilines is 4. The first-order valence-corrected chi connectivity index (χ1v) is 11.0. The van der Waals surface area contributed by atoms with Gasteiger partial charge in [-0.15, -0.1) is 0 Å². The highest BCUT2D eigenvalue weighted by molar-refractivity contribution is 7.89. The number of rotatable bonds is 5. The fourth-order valence-electron chi connectivity index (χ4n) is 2.62. The topological polar surface area (TPSA) is 193 Å². The first-order chi connectivity index (χ1) is 17.1. The summed E-state index contributed by atoms with van der Waals surface area (Å²) in [5.41, 5.74) is 0.209. The monoisotopic (exact) mass is 548 g/mol. The number of H-pyrrole nitrogens is 1. The van der Waals surface area contributed by atoms with Gasteiger partial charge in [-0.25, -0.2) is 36.9 Å². The molecule has 12 nitrogen and oxygen atoms in total. The standard InChI is InChI=1S/C17H12F2N6O4S.C2HF3O2/c18-11-5-9(6-13-14(11)29-17(26)24-13)22-15-12(19)7-21-16(25-15)23-8-2-1-3-10(4-8)30(20,27)28;3-2(4,5)1(6)7/h1-7H,(H,24,26)(H2,20,27,28)(H2,21,22,23,25);(H,6,7). The molecule has 4 rings (SSSR count). The van der Waals surface area contributed by atoms with E-state index < -0.39 is 39.6 Å². The van der Waals surface area contributed by atoms with Gasteiger partial charge < -0.3 is 20.2 Å². The molecule has 0 fully saturated rings. The number of carboxylic acid groups (broad SMARTS) is 1. The zero-order valence-electron chi connectivity index (χ0n) is 17.8. The van der Waals surface area contributed by atoms with Gasteiger partial charge in [0, 0.05) is 17.4 Å². The summed E-state index contributed by atoms with van der Waals surface area (Å²) in [7, 11) is -3.92. The molecule has 2 aromatic carbocycles. The Morgan fingerprint density at radius 3 is 2.38 bits per heavy atom. The van der Waals surface area contributed by atoms with E-state index in [1.165, 1.54) is 30.3 Å². The minimum Gasteiger partial charge on any atom is -0.475 e. The second kappa shape index (κ2) is 10.2. The number of oxazole rings is 1. The highest BCUT2D eigenvalue weighted by atomic mass is 32.2. The molecule has 0 aliphatic rings. The van der Waals surface area contributed by atoms with E-state index in [4.69, 9.17) is 15.0 Å². The van der Waals surface area contributed by atoms with Crippen LogP contribution in [0.2, 0.25) is 0 Å². The molecule has 0 spiro atoms. The van der Waals surface area contributed by atoms with Crippen LogP contribution >= 0.6 is 0 Å². The number of carbonyl (C=O) groups is 1. The van der Waals surface area contributed by atoms with Crippen molar-refractivity contribution in [3.63, 3.8) is 0 Å². The summed E-state index contributed by atoms with van der Waals surface area (Å²) in [5.74, 6) is -5.61. The van der Waals surface area contributed by atoms with Crippen molar-refractivity contribution in [3.05, 3.63) is 64.8 Å². The maximum Gasteiger partial charge on any atom is 0.490 e. The first-order valence-electron chi connectivity index (χ1n) is 9.45. The molecular weight excluding hydrogens is 535 g/mol. The van der Waals surface area contributed by atoms with E-state index in [9.17, 15) is 35.2 Å². The van der Waals surface area contributed by atoms with Gasteiger partial charge in [0.2, 0.25) is 16.0 Å². The van der Waals surface area contributed by atoms with Crippen LogP contribution in [0.3, 0.4) is 0 Å². The Labute approximate surface area is 202 Å². The van der Waals surface area contributed by atoms with Gasteiger partial charge in [0.15, 0.2) is 23.0 Å². The van der Waals surface area contributed by atoms with Crippen LogP contribution in [0, 0.1) is 11.6 Å². The highest BCUT2D eigenvalue weighted by Gasteiger charge is 2.38. The van der Waals surface area contributed by atoms with E-state index >= 15 is 0 Å². The number of nitrogens with one attached hydrogen (secondary N) is 3. The quantitative estimate of drug-likeness (QED) is 0.232. The number of hydrogen-bond donors (Lipinski definition) is 5. The van der Waals surface area contributed by atoms with Crippen molar-refractivity contribution >= 4 is 50.2 Å². The van der Waals surface area contributed by atoms with E-state index in [0.717, 1.165) is 12.3 Å². The maximum absolute atomic E-state index is 14.2. The average Bonchev–Trinajstić information content (AvgIpc) is 3.16. The van der Waals surface area contributed by atoms with Crippen molar-refractivity contribution in [2.75, 3.05) is 10.6 Å². The number of hydrogen-bond acceptors (Lipinski definition) is 9. The lowest BCUT2D eigenvalue weighted by Crippen LogP contribution is -2.21. The van der Waals surface area contributed by atoms with Crippen LogP contribution in [-0.4, -0.2) is 40.6 Å². The molecule has 0 radical (unpaired) electrons. The van der Waals surface area contributed by atoms with Gasteiger partial charge in [-0.1, -0.05) is 6.07 Å². The van der Waals surface area contributed by atoms with E-state index in [-0.39, 0.29) is 33.4 Å². The molecule has 0 bridgehead atoms. The summed E-state index contributed by atoms with van der Waals surface area (Å²) in [6, 6.07) is 7.90. The van der Waals surface area contributed by atoms with Gasteiger partial charge in [0.25, 0.3) is 0 Å². The maximum atomic E-state index is 14.2. The lowest BCUT2D eigenvalue weighted by Gasteiger charge is -2.10. The van der Waals surface area contributed by atoms with Gasteiger partial charge in [-0.2, -0.15) is 18.2 Å². The second-order valence-electron chi connectivity index (χ2n) is 6.87. The van der Waals surface area contributed by atoms with Crippen LogP contribution in [0.5, 0.6) is 0 Å². The lowest BCUT2D eigenvalue weighted by atomic mass is 10.2. The van der Waals surface area contributed by atoms with Crippen molar-refractivity contribution in [1.82, 2.24) is 15.0 Å². The van der Waals surface area contributed by atoms with Crippen molar-refractivity contribution in [1.29, 1.82) is 0 Å². The highest BCUT2D eigenvalue weighted by Crippen LogP contribution is 2.25. The van der Waals surface area contributed by atoms with Crippen molar-refractivity contribution < 1.29 is 44.7 Å². The molecule has 196 valence electrons. The number of carboxylic acids is 1. The summed E-state index contributed by atoms with van der Waals surface area (Å²) in [4.78, 5) is 30.0. The van der Waals surface area contributed by atoms with E-state index in [0.29, 0.717) is 5.69 Å². The third kappa shape index (κ3) is 6.98. The van der Waals surface area contributed by atoms with Gasteiger partial charge in [-0.3, -0.25) is 4.98 Å². The largest absolute Gasteiger partial charge is 0.490 e. The van der Waals surface area contributed by atoms with Crippen molar-refractivity contribution in [2.24, 2.45) is 5.14 Å². The number of sulfonamides is 1. The summed E-state index contributed by atoms with van der Waals surface area (Å²) in [6.45, 7) is 0. The molecule has 0 aliphatic heterocycles. The number of fused-ring (bicyclic) bond motifs is 1. The summed E-state index contributed by atoms with van der Waals surface area (Å²) < 4.78 is 87.6. The first kappa shape index (κ1) is 27.0. The molecule has 0 saturated carbocycles. The summed E-state index contributed by atoms with van der Waals surface area (Å²) in [6.07, 6.45) is -4.21. The van der Waals surface area contributed by atoms with Crippen LogP contribution in [0.15, 0.2) is 56.7 Å². The van der Waals surface area contributed by atoms with Crippen LogP contribution in [-0.2, 0) is 14.8 Å². The van der Waals surface area contributed by atoms with Gasteiger partial charge in [0.05, 0.1) is 16.6 Å². The molecule has 0 saturated heterocycles. The normalized spacial score (nSPS) is 11.5.